The molecule has 1 aromatic carbocycles. The highest BCUT2D eigenvalue weighted by molar-refractivity contribution is 5.97. The Kier molecular flexibility index (Phi) is 5.15. The molecule has 1 aliphatic heterocycles. The second kappa shape index (κ2) is 7.55. The minimum Gasteiger partial charge on any atom is -0.550 e. The van der Waals surface area contributed by atoms with Crippen LogP contribution in [-0.4, -0.2) is 29.9 Å². The third-order valence-electron chi connectivity index (χ3n) is 6.30. The number of piperidine rings is 1. The van der Waals surface area contributed by atoms with E-state index in [2.05, 4.69) is 20.8 Å². The summed E-state index contributed by atoms with van der Waals surface area (Å²) in [7, 11) is 0. The molecule has 1 amide bonds. The van der Waals surface area contributed by atoms with Crippen molar-refractivity contribution in [2.45, 2.75) is 52.4 Å². The molecule has 0 bridgehead atoms. The van der Waals surface area contributed by atoms with Crippen molar-refractivity contribution in [1.29, 1.82) is 0 Å². The SMILES string of the molecule is Cc1c(CC(=O)N2CCC(C(=O)[O-])CC2)c(=O)oc2cc3occ(C(C)(C)C)c3cc12. The van der Waals surface area contributed by atoms with Crippen molar-refractivity contribution in [3.63, 3.8) is 0 Å². The first-order valence-electron chi connectivity index (χ1n) is 10.5. The standard InChI is InChI=1S/C24H27NO6/c1-13-15-9-17-18(24(2,3)4)12-30-19(17)11-20(15)31-23(29)16(13)10-21(26)25-7-5-14(6-8-25)22(27)28/h9,11-12,14H,5-8,10H2,1-4H3,(H,27,28)/p-1. The van der Waals surface area contributed by atoms with Gasteiger partial charge in [-0.05, 0) is 36.8 Å². The van der Waals surface area contributed by atoms with Crippen LogP contribution in [-0.2, 0) is 21.4 Å². The first-order chi connectivity index (χ1) is 14.6. The molecule has 2 aromatic heterocycles. The van der Waals surface area contributed by atoms with Crippen LogP contribution in [0.1, 0.15) is 50.3 Å². The zero-order chi connectivity index (χ0) is 22.5. The minimum absolute atomic E-state index is 0.0738. The van der Waals surface area contributed by atoms with Crippen molar-refractivity contribution < 1.29 is 23.5 Å². The number of aryl methyl sites for hydroxylation is 1. The van der Waals surface area contributed by atoms with Crippen LogP contribution >= 0.6 is 0 Å². The first-order valence-corrected chi connectivity index (χ1v) is 10.5. The van der Waals surface area contributed by atoms with Crippen LogP contribution in [0.3, 0.4) is 0 Å². The second-order valence-corrected chi connectivity index (χ2v) is 9.39. The maximum absolute atomic E-state index is 12.8. The lowest BCUT2D eigenvalue weighted by Gasteiger charge is -2.32. The number of likely N-dealkylation sites (tertiary alicyclic amines) is 1. The molecule has 0 radical (unpaired) electrons. The molecular formula is C24H26NO6-. The van der Waals surface area contributed by atoms with E-state index in [1.54, 1.807) is 17.2 Å². The topological polar surface area (TPSA) is 104 Å². The number of furan rings is 1. The molecule has 31 heavy (non-hydrogen) atoms. The molecule has 0 spiro atoms. The number of hydrogen-bond donors (Lipinski definition) is 0. The molecule has 0 saturated carbocycles. The van der Waals surface area contributed by atoms with E-state index in [1.165, 1.54) is 0 Å². The maximum Gasteiger partial charge on any atom is 0.340 e. The summed E-state index contributed by atoms with van der Waals surface area (Å²) in [5, 5.41) is 12.8. The Morgan fingerprint density at radius 2 is 1.81 bits per heavy atom. The molecule has 7 heteroatoms. The predicted molar refractivity (Wildman–Crippen MR) is 114 cm³/mol. The summed E-state index contributed by atoms with van der Waals surface area (Å²) >= 11 is 0. The molecule has 3 aromatic rings. The molecule has 7 nitrogen and oxygen atoms in total. The highest BCUT2D eigenvalue weighted by atomic mass is 16.4. The third-order valence-corrected chi connectivity index (χ3v) is 6.30. The van der Waals surface area contributed by atoms with E-state index in [9.17, 15) is 19.5 Å². The van der Waals surface area contributed by atoms with Crippen molar-refractivity contribution >= 4 is 33.8 Å². The van der Waals surface area contributed by atoms with Crippen molar-refractivity contribution in [2.24, 2.45) is 5.92 Å². The quantitative estimate of drug-likeness (QED) is 0.599. The van der Waals surface area contributed by atoms with E-state index in [1.807, 2.05) is 13.0 Å². The number of benzene rings is 1. The van der Waals surface area contributed by atoms with Gasteiger partial charge in [-0.15, -0.1) is 0 Å². The number of carboxylic acids is 1. The van der Waals surface area contributed by atoms with Gasteiger partial charge in [-0.1, -0.05) is 20.8 Å². The normalized spacial score (nSPS) is 15.7. The average molecular weight is 424 g/mol. The minimum atomic E-state index is -1.07. The second-order valence-electron chi connectivity index (χ2n) is 9.39. The van der Waals surface area contributed by atoms with Gasteiger partial charge in [-0.25, -0.2) is 4.79 Å². The summed E-state index contributed by atoms with van der Waals surface area (Å²) in [6.45, 7) is 8.83. The van der Waals surface area contributed by atoms with Crippen molar-refractivity contribution in [3.8, 4) is 0 Å². The predicted octanol–water partition coefficient (Wildman–Crippen LogP) is 2.68. The van der Waals surface area contributed by atoms with Gasteiger partial charge in [-0.2, -0.15) is 0 Å². The summed E-state index contributed by atoms with van der Waals surface area (Å²) in [5.41, 5.74) is 2.54. The van der Waals surface area contributed by atoms with Gasteiger partial charge < -0.3 is 23.6 Å². The number of rotatable bonds is 3. The van der Waals surface area contributed by atoms with Crippen molar-refractivity contribution in [1.82, 2.24) is 4.90 Å². The molecule has 3 heterocycles. The Hall–Kier alpha value is -3.09. The summed E-state index contributed by atoms with van der Waals surface area (Å²) in [6.07, 6.45) is 2.40. The number of carboxylic acid groups (broad SMARTS) is 1. The summed E-state index contributed by atoms with van der Waals surface area (Å²) in [5.74, 6) is -1.80. The number of carbonyl (C=O) groups excluding carboxylic acids is 2. The summed E-state index contributed by atoms with van der Waals surface area (Å²) < 4.78 is 11.2. The Bertz CT molecular complexity index is 1230. The van der Waals surface area contributed by atoms with Crippen LogP contribution in [0.2, 0.25) is 0 Å². The van der Waals surface area contributed by atoms with Gasteiger partial charge in [0.1, 0.15) is 11.2 Å². The lowest BCUT2D eigenvalue weighted by Crippen LogP contribution is -2.44. The lowest BCUT2D eigenvalue weighted by molar-refractivity contribution is -0.312. The highest BCUT2D eigenvalue weighted by Gasteiger charge is 2.26. The van der Waals surface area contributed by atoms with E-state index in [0.717, 1.165) is 16.3 Å². The Morgan fingerprint density at radius 1 is 1.13 bits per heavy atom. The van der Waals surface area contributed by atoms with E-state index in [4.69, 9.17) is 8.83 Å². The van der Waals surface area contributed by atoms with Crippen molar-refractivity contribution in [3.05, 3.63) is 45.5 Å². The van der Waals surface area contributed by atoms with Gasteiger partial charge in [-0.3, -0.25) is 4.79 Å². The Balaban J connectivity index is 1.68. The number of nitrogens with zero attached hydrogens (tertiary/aromatic N) is 1. The van der Waals surface area contributed by atoms with Crippen LogP contribution in [0.25, 0.3) is 21.9 Å². The first kappa shape index (κ1) is 21.2. The Labute approximate surface area is 179 Å². The van der Waals surface area contributed by atoms with E-state index < -0.39 is 17.5 Å². The zero-order valence-corrected chi connectivity index (χ0v) is 18.2. The molecule has 164 valence electrons. The molecule has 0 atom stereocenters. The molecule has 1 saturated heterocycles. The number of aliphatic carboxylic acids is 1. The molecular weight excluding hydrogens is 398 g/mol. The van der Waals surface area contributed by atoms with Gasteiger partial charge in [0.25, 0.3) is 0 Å². The van der Waals surface area contributed by atoms with Crippen LogP contribution in [0.4, 0.5) is 0 Å². The van der Waals surface area contributed by atoms with Crippen LogP contribution in [0.5, 0.6) is 0 Å². The molecule has 0 unspecified atom stereocenters. The largest absolute Gasteiger partial charge is 0.550 e. The van der Waals surface area contributed by atoms with Gasteiger partial charge in [0.15, 0.2) is 0 Å². The van der Waals surface area contributed by atoms with E-state index >= 15 is 0 Å². The van der Waals surface area contributed by atoms with Gasteiger partial charge in [0.05, 0.1) is 18.2 Å². The van der Waals surface area contributed by atoms with E-state index in [0.29, 0.717) is 48.2 Å². The molecule has 1 fully saturated rings. The number of hydrogen-bond acceptors (Lipinski definition) is 6. The summed E-state index contributed by atoms with van der Waals surface area (Å²) in [4.78, 5) is 38.1. The molecule has 1 aliphatic rings. The van der Waals surface area contributed by atoms with Crippen LogP contribution in [0, 0.1) is 12.8 Å². The lowest BCUT2D eigenvalue weighted by atomic mass is 9.86. The fraction of sp³-hybridized carbons (Fsp3) is 0.458. The number of fused-ring (bicyclic) bond motifs is 2. The summed E-state index contributed by atoms with van der Waals surface area (Å²) in [6, 6.07) is 3.69. The van der Waals surface area contributed by atoms with Crippen LogP contribution < -0.4 is 10.7 Å². The number of carbonyl (C=O) groups is 2. The van der Waals surface area contributed by atoms with Crippen molar-refractivity contribution in [2.75, 3.05) is 13.1 Å². The molecule has 4 rings (SSSR count). The third kappa shape index (κ3) is 3.84. The maximum atomic E-state index is 12.8. The fourth-order valence-corrected chi connectivity index (χ4v) is 4.32. The fourth-order valence-electron chi connectivity index (χ4n) is 4.32. The zero-order valence-electron chi connectivity index (χ0n) is 18.2. The van der Waals surface area contributed by atoms with Crippen LogP contribution in [0.15, 0.2) is 32.0 Å². The smallest absolute Gasteiger partial charge is 0.340 e. The monoisotopic (exact) mass is 424 g/mol. The highest BCUT2D eigenvalue weighted by Crippen LogP contribution is 2.35. The molecule has 0 N–H and O–H groups in total. The average Bonchev–Trinajstić information content (AvgIpc) is 3.13. The molecule has 0 aliphatic carbocycles. The Morgan fingerprint density at radius 3 is 2.42 bits per heavy atom. The van der Waals surface area contributed by atoms with E-state index in [-0.39, 0.29) is 17.7 Å². The van der Waals surface area contributed by atoms with Gasteiger partial charge in [0.2, 0.25) is 5.91 Å². The van der Waals surface area contributed by atoms with Gasteiger partial charge >= 0.3 is 5.63 Å². The van der Waals surface area contributed by atoms with Gasteiger partial charge in [0, 0.05) is 47.4 Å². The number of amides is 1.